The number of sulfonamides is 1. The van der Waals surface area contributed by atoms with Crippen molar-refractivity contribution in [1.29, 1.82) is 0 Å². The van der Waals surface area contributed by atoms with Gasteiger partial charge in [-0.2, -0.15) is 0 Å². The molecule has 13 heteroatoms. The Hall–Kier alpha value is -4.13. The summed E-state index contributed by atoms with van der Waals surface area (Å²) in [5.74, 6) is -1.93. The second kappa shape index (κ2) is 11.3. The fraction of sp³-hybridized carbons (Fsp3) is 0.308. The number of aryl methyl sites for hydroxylation is 1. The number of carboxylic acid groups (broad SMARTS) is 1. The number of rotatable bonds is 8. The molecule has 2 N–H and O–H groups in total. The number of benzene rings is 2. The summed E-state index contributed by atoms with van der Waals surface area (Å²) >= 11 is 0. The molecule has 1 saturated heterocycles. The Morgan fingerprint density at radius 2 is 1.74 bits per heavy atom. The van der Waals surface area contributed by atoms with Gasteiger partial charge in [-0.3, -0.25) is 9.52 Å². The number of ether oxygens (including phenoxy) is 2. The SMILES string of the molecule is CCS(=O)(=O)Nc1ccc(Oc2ccc(F)cc2F)c(-c2cn(C)c(=O)cc2OC2CCN(C(=O)O)CC2)c1. The van der Waals surface area contributed by atoms with E-state index < -0.39 is 33.9 Å². The van der Waals surface area contributed by atoms with E-state index in [-0.39, 0.29) is 52.9 Å². The van der Waals surface area contributed by atoms with E-state index in [4.69, 9.17) is 9.47 Å². The maximum atomic E-state index is 14.4. The van der Waals surface area contributed by atoms with Gasteiger partial charge in [0.2, 0.25) is 10.0 Å². The van der Waals surface area contributed by atoms with Crippen molar-refractivity contribution in [3.8, 4) is 28.4 Å². The van der Waals surface area contributed by atoms with Crippen LogP contribution in [0, 0.1) is 11.6 Å². The van der Waals surface area contributed by atoms with Crippen LogP contribution in [0.2, 0.25) is 0 Å². The number of nitrogens with zero attached hydrogens (tertiary/aromatic N) is 2. The fourth-order valence-electron chi connectivity index (χ4n) is 4.08. The van der Waals surface area contributed by atoms with Gasteiger partial charge in [0.25, 0.3) is 5.56 Å². The molecule has 1 aromatic heterocycles. The van der Waals surface area contributed by atoms with Crippen molar-refractivity contribution in [2.75, 3.05) is 23.6 Å². The Kier molecular flexibility index (Phi) is 8.09. The molecule has 1 fully saturated rings. The number of hydrogen-bond acceptors (Lipinski definition) is 6. The Bertz CT molecular complexity index is 1550. The Labute approximate surface area is 223 Å². The minimum absolute atomic E-state index is 0.0872. The van der Waals surface area contributed by atoms with E-state index in [2.05, 4.69) is 4.72 Å². The molecule has 2 heterocycles. The number of hydrogen-bond donors (Lipinski definition) is 2. The fourth-order valence-corrected chi connectivity index (χ4v) is 4.71. The predicted molar refractivity (Wildman–Crippen MR) is 140 cm³/mol. The number of aromatic nitrogens is 1. The van der Waals surface area contributed by atoms with Crippen LogP contribution in [0.4, 0.5) is 19.3 Å². The summed E-state index contributed by atoms with van der Waals surface area (Å²) in [4.78, 5) is 25.1. The first-order chi connectivity index (χ1) is 18.5. The van der Waals surface area contributed by atoms with Crippen LogP contribution in [0.25, 0.3) is 11.1 Å². The lowest BCUT2D eigenvalue weighted by Crippen LogP contribution is -2.41. The van der Waals surface area contributed by atoms with Crippen molar-refractivity contribution < 1.29 is 36.6 Å². The molecule has 3 aromatic rings. The summed E-state index contributed by atoms with van der Waals surface area (Å²) in [7, 11) is -2.13. The Morgan fingerprint density at radius 1 is 1.05 bits per heavy atom. The van der Waals surface area contributed by atoms with Crippen LogP contribution in [-0.2, 0) is 17.1 Å². The summed E-state index contributed by atoms with van der Waals surface area (Å²) < 4.78 is 68.0. The molecule has 0 radical (unpaired) electrons. The predicted octanol–water partition coefficient (Wildman–Crippen LogP) is 4.41. The van der Waals surface area contributed by atoms with Crippen LogP contribution in [0.3, 0.4) is 0 Å². The third kappa shape index (κ3) is 6.66. The first-order valence-corrected chi connectivity index (χ1v) is 13.7. The van der Waals surface area contributed by atoms with E-state index in [1.54, 1.807) is 0 Å². The van der Waals surface area contributed by atoms with Crippen molar-refractivity contribution in [3.05, 3.63) is 70.6 Å². The van der Waals surface area contributed by atoms with Gasteiger partial charge in [0, 0.05) is 68.1 Å². The van der Waals surface area contributed by atoms with Crippen LogP contribution in [0.15, 0.2) is 53.5 Å². The number of piperidine rings is 1. The van der Waals surface area contributed by atoms with Crippen molar-refractivity contribution in [1.82, 2.24) is 9.47 Å². The molecule has 0 unspecified atom stereocenters. The standard InChI is InChI=1S/C26H27F2N3O7S/c1-3-39(35,36)29-17-5-7-22(38-23-6-4-16(27)12-21(23)28)19(13-17)20-15-30(2)25(32)14-24(20)37-18-8-10-31(11-9-18)26(33)34/h4-7,12-15,18,29H,3,8-11H2,1-2H3,(H,33,34). The van der Waals surface area contributed by atoms with E-state index in [0.717, 1.165) is 12.1 Å². The summed E-state index contributed by atoms with van der Waals surface area (Å²) in [5, 5.41) is 9.22. The Morgan fingerprint density at radius 3 is 2.38 bits per heavy atom. The molecule has 1 amide bonds. The number of anilines is 1. The summed E-state index contributed by atoms with van der Waals surface area (Å²) in [6, 6.07) is 8.41. The van der Waals surface area contributed by atoms with Gasteiger partial charge in [-0.25, -0.2) is 22.0 Å². The maximum Gasteiger partial charge on any atom is 0.407 e. The van der Waals surface area contributed by atoms with Gasteiger partial charge in [0.1, 0.15) is 23.4 Å². The summed E-state index contributed by atoms with van der Waals surface area (Å²) in [6.45, 7) is 1.99. The second-order valence-electron chi connectivity index (χ2n) is 8.98. The molecule has 1 aliphatic rings. The van der Waals surface area contributed by atoms with Crippen LogP contribution in [0.1, 0.15) is 19.8 Å². The topological polar surface area (TPSA) is 127 Å². The zero-order chi connectivity index (χ0) is 28.3. The molecule has 2 aromatic carbocycles. The lowest BCUT2D eigenvalue weighted by Gasteiger charge is -2.31. The van der Waals surface area contributed by atoms with Crippen LogP contribution in [0.5, 0.6) is 17.2 Å². The molecule has 4 rings (SSSR count). The maximum absolute atomic E-state index is 14.4. The normalized spacial score (nSPS) is 14.2. The van der Waals surface area contributed by atoms with Crippen molar-refractivity contribution in [2.24, 2.45) is 7.05 Å². The van der Waals surface area contributed by atoms with Crippen LogP contribution < -0.4 is 19.8 Å². The zero-order valence-corrected chi connectivity index (χ0v) is 22.0. The van der Waals surface area contributed by atoms with E-state index in [9.17, 15) is 31.9 Å². The smallest absolute Gasteiger partial charge is 0.407 e. The second-order valence-corrected chi connectivity index (χ2v) is 11.0. The number of nitrogens with one attached hydrogen (secondary N) is 1. The van der Waals surface area contributed by atoms with Gasteiger partial charge in [0.15, 0.2) is 11.6 Å². The third-order valence-corrected chi connectivity index (χ3v) is 7.54. The van der Waals surface area contributed by atoms with Gasteiger partial charge in [-0.15, -0.1) is 0 Å². The van der Waals surface area contributed by atoms with Gasteiger partial charge < -0.3 is 24.0 Å². The first-order valence-electron chi connectivity index (χ1n) is 12.1. The molecule has 39 heavy (non-hydrogen) atoms. The van der Waals surface area contributed by atoms with Crippen LogP contribution >= 0.6 is 0 Å². The zero-order valence-electron chi connectivity index (χ0n) is 21.2. The highest BCUT2D eigenvalue weighted by Crippen LogP contribution is 2.41. The van der Waals surface area contributed by atoms with Crippen LogP contribution in [-0.4, -0.2) is 54.0 Å². The average molecular weight is 564 g/mol. The molecule has 0 atom stereocenters. The quantitative estimate of drug-likeness (QED) is 0.416. The number of likely N-dealkylation sites (tertiary alicyclic amines) is 1. The molecule has 208 valence electrons. The molecule has 0 aliphatic carbocycles. The van der Waals surface area contributed by atoms with Gasteiger partial charge in [-0.05, 0) is 37.3 Å². The third-order valence-electron chi connectivity index (χ3n) is 6.23. The Balaban J connectivity index is 1.79. The van der Waals surface area contributed by atoms with Gasteiger partial charge in [0.05, 0.1) is 5.75 Å². The minimum atomic E-state index is -3.65. The molecular formula is C26H27F2N3O7S. The van der Waals surface area contributed by atoms with Gasteiger partial charge in [-0.1, -0.05) is 0 Å². The number of pyridine rings is 1. The molecule has 1 aliphatic heterocycles. The highest BCUT2D eigenvalue weighted by Gasteiger charge is 2.25. The number of carbonyl (C=O) groups is 1. The van der Waals surface area contributed by atoms with Crippen molar-refractivity contribution >= 4 is 21.8 Å². The number of halogens is 2. The van der Waals surface area contributed by atoms with Gasteiger partial charge >= 0.3 is 6.09 Å². The molecule has 0 saturated carbocycles. The lowest BCUT2D eigenvalue weighted by molar-refractivity contribution is 0.0896. The molecule has 0 spiro atoms. The summed E-state index contributed by atoms with van der Waals surface area (Å²) in [5.41, 5.74) is 0.413. The van der Waals surface area contributed by atoms with Crippen molar-refractivity contribution in [2.45, 2.75) is 25.9 Å². The van der Waals surface area contributed by atoms with E-state index >= 15 is 0 Å². The highest BCUT2D eigenvalue weighted by molar-refractivity contribution is 7.92. The van der Waals surface area contributed by atoms with E-state index in [0.29, 0.717) is 24.5 Å². The lowest BCUT2D eigenvalue weighted by atomic mass is 10.0. The average Bonchev–Trinajstić information content (AvgIpc) is 2.88. The molecule has 10 nitrogen and oxygen atoms in total. The largest absolute Gasteiger partial charge is 0.489 e. The minimum Gasteiger partial charge on any atom is -0.489 e. The first kappa shape index (κ1) is 27.9. The highest BCUT2D eigenvalue weighted by atomic mass is 32.2. The molecular weight excluding hydrogens is 536 g/mol. The summed E-state index contributed by atoms with van der Waals surface area (Å²) in [6.07, 6.45) is 0.838. The van der Waals surface area contributed by atoms with Crippen molar-refractivity contribution in [3.63, 3.8) is 0 Å². The number of amides is 1. The van der Waals surface area contributed by atoms with E-state index in [1.165, 1.54) is 53.9 Å². The molecule has 0 bridgehead atoms. The monoisotopic (exact) mass is 563 g/mol. The van der Waals surface area contributed by atoms with E-state index in [1.807, 2.05) is 0 Å².